The van der Waals surface area contributed by atoms with Gasteiger partial charge in [0.2, 0.25) is 0 Å². The highest BCUT2D eigenvalue weighted by Gasteiger charge is 2.22. The fraction of sp³-hybridized carbons (Fsp3) is 0.417. The highest BCUT2D eigenvalue weighted by atomic mass is 35.5. The quantitative estimate of drug-likeness (QED) is 0.859. The van der Waals surface area contributed by atoms with Crippen LogP contribution in [-0.4, -0.2) is 25.3 Å². The molecule has 1 aromatic rings. The molecule has 0 amide bonds. The van der Waals surface area contributed by atoms with Crippen molar-refractivity contribution in [3.05, 3.63) is 22.2 Å². The average molecular weight is 274 g/mol. The van der Waals surface area contributed by atoms with Crippen molar-refractivity contribution in [3.8, 4) is 11.5 Å². The topological polar surface area (TPSA) is 81.8 Å². The number of carbonyl (C=O) groups is 1. The summed E-state index contributed by atoms with van der Waals surface area (Å²) in [4.78, 5) is 10.7. The van der Waals surface area contributed by atoms with Crippen molar-refractivity contribution in [1.82, 2.24) is 0 Å². The molecule has 0 spiro atoms. The molecule has 6 heteroatoms. The molecule has 0 aromatic heterocycles. The summed E-state index contributed by atoms with van der Waals surface area (Å²) in [5, 5.41) is 9.07. The third-order valence-corrected chi connectivity index (χ3v) is 3.00. The first-order valence-corrected chi connectivity index (χ1v) is 5.68. The van der Waals surface area contributed by atoms with E-state index >= 15 is 0 Å². The average Bonchev–Trinajstić information content (AvgIpc) is 2.27. The molecule has 0 heterocycles. The number of methoxy groups -OCH3 is 2. The lowest BCUT2D eigenvalue weighted by Crippen LogP contribution is -2.17. The molecule has 0 saturated heterocycles. The molecule has 0 aliphatic rings. The Kier molecular flexibility index (Phi) is 4.81. The molecule has 0 radical (unpaired) electrons. The van der Waals surface area contributed by atoms with Crippen LogP contribution in [0.15, 0.2) is 6.07 Å². The molecule has 0 aliphatic carbocycles. The van der Waals surface area contributed by atoms with Crippen molar-refractivity contribution >= 4 is 17.6 Å². The van der Waals surface area contributed by atoms with Crippen molar-refractivity contribution in [2.75, 3.05) is 14.2 Å². The number of aliphatic carboxylic acids is 1. The van der Waals surface area contributed by atoms with Crippen LogP contribution in [0.3, 0.4) is 0 Å². The van der Waals surface area contributed by atoms with Crippen molar-refractivity contribution in [3.63, 3.8) is 0 Å². The minimum atomic E-state index is -0.979. The van der Waals surface area contributed by atoms with Gasteiger partial charge in [-0.3, -0.25) is 4.79 Å². The van der Waals surface area contributed by atoms with Gasteiger partial charge in [-0.15, -0.1) is 0 Å². The van der Waals surface area contributed by atoms with Gasteiger partial charge in [0.25, 0.3) is 0 Å². The van der Waals surface area contributed by atoms with Gasteiger partial charge in [-0.05, 0) is 24.1 Å². The predicted molar refractivity (Wildman–Crippen MR) is 68.5 cm³/mol. The lowest BCUT2D eigenvalue weighted by Gasteiger charge is -2.19. The Labute approximate surface area is 110 Å². The molecule has 1 atom stereocenters. The number of benzene rings is 1. The van der Waals surface area contributed by atoms with Crippen molar-refractivity contribution in [2.45, 2.75) is 19.4 Å². The van der Waals surface area contributed by atoms with Crippen LogP contribution in [-0.2, 0) is 4.79 Å². The van der Waals surface area contributed by atoms with E-state index < -0.39 is 12.0 Å². The van der Waals surface area contributed by atoms with E-state index in [2.05, 4.69) is 0 Å². The van der Waals surface area contributed by atoms with Crippen molar-refractivity contribution in [1.29, 1.82) is 0 Å². The number of carboxylic acid groups (broad SMARTS) is 1. The molecule has 1 aromatic carbocycles. The van der Waals surface area contributed by atoms with Crippen LogP contribution < -0.4 is 15.2 Å². The smallest absolute Gasteiger partial charge is 0.305 e. The third kappa shape index (κ3) is 2.86. The highest BCUT2D eigenvalue weighted by Crippen LogP contribution is 2.41. The molecule has 1 rings (SSSR count). The van der Waals surface area contributed by atoms with E-state index in [1.165, 1.54) is 14.2 Å². The molecule has 1 unspecified atom stereocenters. The van der Waals surface area contributed by atoms with Gasteiger partial charge < -0.3 is 20.3 Å². The number of aryl methyl sites for hydroxylation is 1. The number of hydrogen-bond donors (Lipinski definition) is 2. The number of rotatable bonds is 5. The standard InChI is InChI=1S/C12H16ClNO4/c1-6-4-8(17-2)12(18-3)11(13)10(6)7(14)5-9(15)16/h4,7H,5,14H2,1-3H3,(H,15,16). The second-order valence-electron chi connectivity index (χ2n) is 3.86. The van der Waals surface area contributed by atoms with Crippen LogP contribution >= 0.6 is 11.6 Å². The maximum absolute atomic E-state index is 10.7. The Bertz CT molecular complexity index is 462. The minimum Gasteiger partial charge on any atom is -0.493 e. The van der Waals surface area contributed by atoms with E-state index in [1.54, 1.807) is 13.0 Å². The summed E-state index contributed by atoms with van der Waals surface area (Å²) < 4.78 is 10.3. The maximum atomic E-state index is 10.7. The Hall–Kier alpha value is -1.46. The summed E-state index contributed by atoms with van der Waals surface area (Å²) in [5.74, 6) is -0.125. The minimum absolute atomic E-state index is 0.198. The Morgan fingerprint density at radius 1 is 1.50 bits per heavy atom. The monoisotopic (exact) mass is 273 g/mol. The second-order valence-corrected chi connectivity index (χ2v) is 4.24. The van der Waals surface area contributed by atoms with Crippen LogP contribution in [0.25, 0.3) is 0 Å². The van der Waals surface area contributed by atoms with Crippen molar-refractivity contribution < 1.29 is 19.4 Å². The first-order chi connectivity index (χ1) is 8.42. The largest absolute Gasteiger partial charge is 0.493 e. The van der Waals surface area contributed by atoms with E-state index in [0.29, 0.717) is 22.1 Å². The molecule has 0 aliphatic heterocycles. The first kappa shape index (κ1) is 14.6. The van der Waals surface area contributed by atoms with Gasteiger partial charge in [0.1, 0.15) is 0 Å². The Morgan fingerprint density at radius 2 is 2.11 bits per heavy atom. The zero-order valence-electron chi connectivity index (χ0n) is 10.5. The SMILES string of the molecule is COc1cc(C)c(C(N)CC(=O)O)c(Cl)c1OC. The summed E-state index contributed by atoms with van der Waals surface area (Å²) in [5.41, 5.74) is 7.19. The van der Waals surface area contributed by atoms with Crippen LogP contribution in [0.1, 0.15) is 23.6 Å². The van der Waals surface area contributed by atoms with E-state index in [0.717, 1.165) is 5.56 Å². The summed E-state index contributed by atoms with van der Waals surface area (Å²) >= 11 is 6.20. The lowest BCUT2D eigenvalue weighted by atomic mass is 9.98. The molecular weight excluding hydrogens is 258 g/mol. The van der Waals surface area contributed by atoms with Gasteiger partial charge >= 0.3 is 5.97 Å². The number of carboxylic acids is 1. The maximum Gasteiger partial charge on any atom is 0.305 e. The molecule has 0 fully saturated rings. The van der Waals surface area contributed by atoms with E-state index in [1.807, 2.05) is 0 Å². The van der Waals surface area contributed by atoms with Gasteiger partial charge in [-0.2, -0.15) is 0 Å². The molecule has 5 nitrogen and oxygen atoms in total. The summed E-state index contributed by atoms with van der Waals surface area (Å²) in [6.07, 6.45) is -0.198. The van der Waals surface area contributed by atoms with Gasteiger partial charge in [0.15, 0.2) is 11.5 Å². The molecule has 100 valence electrons. The Balaban J connectivity index is 3.31. The molecule has 0 saturated carbocycles. The zero-order chi connectivity index (χ0) is 13.9. The highest BCUT2D eigenvalue weighted by molar-refractivity contribution is 6.33. The molecular formula is C12H16ClNO4. The van der Waals surface area contributed by atoms with E-state index in [9.17, 15) is 4.79 Å². The number of nitrogens with two attached hydrogens (primary N) is 1. The fourth-order valence-corrected chi connectivity index (χ4v) is 2.29. The lowest BCUT2D eigenvalue weighted by molar-refractivity contribution is -0.137. The number of ether oxygens (including phenoxy) is 2. The third-order valence-electron chi connectivity index (χ3n) is 2.62. The normalized spacial score (nSPS) is 12.1. The van der Waals surface area contributed by atoms with Gasteiger partial charge in [0, 0.05) is 6.04 Å². The van der Waals surface area contributed by atoms with Gasteiger partial charge in [0.05, 0.1) is 25.7 Å². The summed E-state index contributed by atoms with van der Waals surface area (Å²) in [6, 6.07) is 1.04. The number of halogens is 1. The molecule has 18 heavy (non-hydrogen) atoms. The summed E-state index contributed by atoms with van der Waals surface area (Å²) in [6.45, 7) is 1.80. The number of hydrogen-bond acceptors (Lipinski definition) is 4. The second kappa shape index (κ2) is 5.93. The van der Waals surface area contributed by atoms with Gasteiger partial charge in [-0.1, -0.05) is 11.6 Å². The van der Waals surface area contributed by atoms with Crippen molar-refractivity contribution in [2.24, 2.45) is 5.73 Å². The Morgan fingerprint density at radius 3 is 2.56 bits per heavy atom. The zero-order valence-corrected chi connectivity index (χ0v) is 11.2. The van der Waals surface area contributed by atoms with Crippen LogP contribution in [0.2, 0.25) is 5.02 Å². The molecule has 3 N–H and O–H groups in total. The summed E-state index contributed by atoms with van der Waals surface area (Å²) in [7, 11) is 2.97. The van der Waals surface area contributed by atoms with E-state index in [4.69, 9.17) is 31.9 Å². The van der Waals surface area contributed by atoms with Gasteiger partial charge in [-0.25, -0.2) is 0 Å². The first-order valence-electron chi connectivity index (χ1n) is 5.30. The van der Waals surface area contributed by atoms with E-state index in [-0.39, 0.29) is 6.42 Å². The van der Waals surface area contributed by atoms with Crippen LogP contribution in [0, 0.1) is 6.92 Å². The van der Waals surface area contributed by atoms with Crippen LogP contribution in [0.4, 0.5) is 0 Å². The molecule has 0 bridgehead atoms. The predicted octanol–water partition coefficient (Wildman–Crippen LogP) is 2.14. The fourth-order valence-electron chi connectivity index (χ4n) is 1.83. The van der Waals surface area contributed by atoms with Crippen LogP contribution in [0.5, 0.6) is 11.5 Å².